The highest BCUT2D eigenvalue weighted by Gasteiger charge is 2.15. The van der Waals surface area contributed by atoms with E-state index in [0.717, 1.165) is 19.1 Å². The summed E-state index contributed by atoms with van der Waals surface area (Å²) >= 11 is 0. The van der Waals surface area contributed by atoms with Crippen LogP contribution in [0.5, 0.6) is 0 Å². The molecule has 0 aromatic rings. The fourth-order valence-electron chi connectivity index (χ4n) is 2.56. The second-order valence-corrected chi connectivity index (χ2v) is 5.18. The molecule has 0 spiro atoms. The summed E-state index contributed by atoms with van der Waals surface area (Å²) in [5.74, 6) is 0. The van der Waals surface area contributed by atoms with Crippen molar-refractivity contribution in [1.82, 2.24) is 15.5 Å². The zero-order valence-electron chi connectivity index (χ0n) is 11.9. The van der Waals surface area contributed by atoms with Gasteiger partial charge in [-0.05, 0) is 52.2 Å². The van der Waals surface area contributed by atoms with E-state index < -0.39 is 0 Å². The number of hydrogen-bond donors (Lipinski definition) is 1. The molecule has 0 aromatic carbocycles. The van der Waals surface area contributed by atoms with Crippen molar-refractivity contribution < 1.29 is 0 Å². The van der Waals surface area contributed by atoms with Crippen molar-refractivity contribution in [2.75, 3.05) is 32.7 Å². The molecule has 1 radical (unpaired) electrons. The lowest BCUT2D eigenvalue weighted by Gasteiger charge is -2.27. The van der Waals surface area contributed by atoms with Gasteiger partial charge in [0.25, 0.3) is 0 Å². The Morgan fingerprint density at radius 3 is 2.47 bits per heavy atom. The summed E-state index contributed by atoms with van der Waals surface area (Å²) in [5.41, 5.74) is 0. The maximum atomic E-state index is 4.40. The highest BCUT2D eigenvalue weighted by atomic mass is 15.1. The van der Waals surface area contributed by atoms with Crippen molar-refractivity contribution in [2.45, 2.75) is 58.5 Å². The van der Waals surface area contributed by atoms with Gasteiger partial charge in [0, 0.05) is 25.2 Å². The van der Waals surface area contributed by atoms with Crippen molar-refractivity contribution in [2.24, 2.45) is 0 Å². The first-order valence-electron chi connectivity index (χ1n) is 7.37. The minimum absolute atomic E-state index is 0.661. The van der Waals surface area contributed by atoms with Gasteiger partial charge in [-0.3, -0.25) is 0 Å². The van der Waals surface area contributed by atoms with Gasteiger partial charge in [0.2, 0.25) is 0 Å². The van der Waals surface area contributed by atoms with Crippen molar-refractivity contribution in [3.05, 3.63) is 0 Å². The zero-order valence-corrected chi connectivity index (χ0v) is 11.9. The van der Waals surface area contributed by atoms with E-state index in [1.54, 1.807) is 0 Å². The second-order valence-electron chi connectivity index (χ2n) is 5.18. The van der Waals surface area contributed by atoms with Crippen molar-refractivity contribution in [3.8, 4) is 0 Å². The van der Waals surface area contributed by atoms with E-state index in [-0.39, 0.29) is 0 Å². The molecule has 101 valence electrons. The highest BCUT2D eigenvalue weighted by molar-refractivity contribution is 4.77. The number of rotatable bonds is 8. The number of piperidine rings is 1. The molecule has 0 saturated carbocycles. The zero-order chi connectivity index (χ0) is 12.5. The molecule has 1 heterocycles. The first-order valence-corrected chi connectivity index (χ1v) is 7.37. The van der Waals surface area contributed by atoms with Crippen molar-refractivity contribution in [3.63, 3.8) is 0 Å². The van der Waals surface area contributed by atoms with E-state index >= 15 is 0 Å². The monoisotopic (exact) mass is 240 g/mol. The molecule has 3 heteroatoms. The van der Waals surface area contributed by atoms with Gasteiger partial charge < -0.3 is 10.2 Å². The van der Waals surface area contributed by atoms with Gasteiger partial charge in [0.05, 0.1) is 0 Å². The molecule has 0 aliphatic carbocycles. The third-order valence-corrected chi connectivity index (χ3v) is 3.80. The standard InChI is InChI=1S/C14H30N3/c1-4-17(5-2)12-6-7-13(3)16-14-8-10-15-11-9-14/h13-14,16H,4-12H2,1-3H3. The Bertz CT molecular complexity index is 174. The van der Waals surface area contributed by atoms with Crippen LogP contribution in [-0.4, -0.2) is 49.7 Å². The van der Waals surface area contributed by atoms with Crippen LogP contribution in [0.1, 0.15) is 46.5 Å². The van der Waals surface area contributed by atoms with Crippen molar-refractivity contribution >= 4 is 0 Å². The van der Waals surface area contributed by atoms with Gasteiger partial charge >= 0.3 is 0 Å². The summed E-state index contributed by atoms with van der Waals surface area (Å²) in [4.78, 5) is 2.51. The molecular weight excluding hydrogens is 210 g/mol. The quantitative estimate of drug-likeness (QED) is 0.701. The van der Waals surface area contributed by atoms with E-state index in [1.807, 2.05) is 0 Å². The Kier molecular flexibility index (Phi) is 7.82. The second kappa shape index (κ2) is 8.90. The fourth-order valence-corrected chi connectivity index (χ4v) is 2.56. The molecule has 1 unspecified atom stereocenters. The number of nitrogens with one attached hydrogen (secondary N) is 1. The summed E-state index contributed by atoms with van der Waals surface area (Å²) in [7, 11) is 0. The maximum Gasteiger partial charge on any atom is 0.0148 e. The Labute approximate surface area is 107 Å². The largest absolute Gasteiger partial charge is 0.311 e. The molecule has 1 aliphatic heterocycles. The molecule has 3 nitrogen and oxygen atoms in total. The molecule has 1 rings (SSSR count). The van der Waals surface area contributed by atoms with E-state index in [2.05, 4.69) is 36.3 Å². The summed E-state index contributed by atoms with van der Waals surface area (Å²) < 4.78 is 0. The Morgan fingerprint density at radius 2 is 1.88 bits per heavy atom. The smallest absolute Gasteiger partial charge is 0.0148 e. The topological polar surface area (TPSA) is 29.4 Å². The Balaban J connectivity index is 2.05. The van der Waals surface area contributed by atoms with Crippen LogP contribution < -0.4 is 10.6 Å². The van der Waals surface area contributed by atoms with Crippen molar-refractivity contribution in [1.29, 1.82) is 0 Å². The molecule has 1 atom stereocenters. The fraction of sp³-hybridized carbons (Fsp3) is 1.00. The van der Waals surface area contributed by atoms with Gasteiger partial charge in [0.15, 0.2) is 0 Å². The van der Waals surface area contributed by atoms with Gasteiger partial charge in [-0.15, -0.1) is 0 Å². The van der Waals surface area contributed by atoms with Crippen LogP contribution in [0.15, 0.2) is 0 Å². The van der Waals surface area contributed by atoms with E-state index in [1.165, 1.54) is 45.3 Å². The maximum absolute atomic E-state index is 4.40. The van der Waals surface area contributed by atoms with Crippen LogP contribution in [0.25, 0.3) is 0 Å². The number of nitrogens with zero attached hydrogens (tertiary/aromatic N) is 2. The Morgan fingerprint density at radius 1 is 1.24 bits per heavy atom. The molecule has 0 bridgehead atoms. The van der Waals surface area contributed by atoms with E-state index in [4.69, 9.17) is 0 Å². The average molecular weight is 240 g/mol. The van der Waals surface area contributed by atoms with Crippen LogP contribution in [0.2, 0.25) is 0 Å². The van der Waals surface area contributed by atoms with E-state index in [0.29, 0.717) is 6.04 Å². The van der Waals surface area contributed by atoms with Crippen LogP contribution >= 0.6 is 0 Å². The first kappa shape index (κ1) is 14.9. The minimum Gasteiger partial charge on any atom is -0.311 e. The average Bonchev–Trinajstić information content (AvgIpc) is 2.36. The molecule has 1 aliphatic rings. The van der Waals surface area contributed by atoms with Gasteiger partial charge in [-0.25, -0.2) is 5.32 Å². The molecular formula is C14H30N3. The SMILES string of the molecule is CCN(CC)CCCC(C)NC1CC[N]CC1. The predicted octanol–water partition coefficient (Wildman–Crippen LogP) is 1.85. The summed E-state index contributed by atoms with van der Waals surface area (Å²) in [6, 6.07) is 1.38. The molecule has 17 heavy (non-hydrogen) atoms. The van der Waals surface area contributed by atoms with Crippen LogP contribution in [0.4, 0.5) is 0 Å². The highest BCUT2D eigenvalue weighted by Crippen LogP contribution is 2.07. The minimum atomic E-state index is 0.661. The lowest BCUT2D eigenvalue weighted by molar-refractivity contribution is 0.282. The molecule has 1 fully saturated rings. The number of hydrogen-bond acceptors (Lipinski definition) is 2. The molecule has 1 N–H and O–H groups in total. The third kappa shape index (κ3) is 6.39. The van der Waals surface area contributed by atoms with Crippen LogP contribution in [0, 0.1) is 0 Å². The lowest BCUT2D eigenvalue weighted by atomic mass is 10.0. The lowest BCUT2D eigenvalue weighted by Crippen LogP contribution is -2.42. The third-order valence-electron chi connectivity index (χ3n) is 3.80. The van der Waals surface area contributed by atoms with Crippen LogP contribution in [-0.2, 0) is 0 Å². The summed E-state index contributed by atoms with van der Waals surface area (Å²) in [6.07, 6.45) is 5.08. The molecule has 0 aromatic heterocycles. The molecule has 1 saturated heterocycles. The van der Waals surface area contributed by atoms with Gasteiger partial charge in [-0.1, -0.05) is 13.8 Å². The first-order chi connectivity index (χ1) is 8.26. The summed E-state index contributed by atoms with van der Waals surface area (Å²) in [5, 5.41) is 8.15. The van der Waals surface area contributed by atoms with Crippen LogP contribution in [0.3, 0.4) is 0 Å². The normalized spacial score (nSPS) is 19.8. The Hall–Kier alpha value is -0.120. The van der Waals surface area contributed by atoms with E-state index in [9.17, 15) is 0 Å². The molecule has 0 amide bonds. The predicted molar refractivity (Wildman–Crippen MR) is 74.5 cm³/mol. The van der Waals surface area contributed by atoms with Gasteiger partial charge in [0.1, 0.15) is 0 Å². The van der Waals surface area contributed by atoms with Gasteiger partial charge in [-0.2, -0.15) is 0 Å². The summed E-state index contributed by atoms with van der Waals surface area (Å²) in [6.45, 7) is 12.6.